The van der Waals surface area contributed by atoms with Crippen LogP contribution < -0.4 is 16.3 Å². The fraction of sp³-hybridized carbons (Fsp3) is 0.350. The molecule has 2 aromatic rings. The van der Waals surface area contributed by atoms with E-state index in [2.05, 4.69) is 19.5 Å². The van der Waals surface area contributed by atoms with Crippen LogP contribution in [0, 0.1) is 18.3 Å². The molecule has 1 heterocycles. The van der Waals surface area contributed by atoms with Gasteiger partial charge in [0.2, 0.25) is 11.7 Å². The van der Waals surface area contributed by atoms with E-state index in [1.807, 2.05) is 6.07 Å². The number of H-pyrrole nitrogens is 1. The van der Waals surface area contributed by atoms with Gasteiger partial charge in [-0.25, -0.2) is 4.79 Å². The van der Waals surface area contributed by atoms with Crippen LogP contribution in [-0.4, -0.2) is 21.2 Å². The molecule has 1 aromatic heterocycles. The van der Waals surface area contributed by atoms with Gasteiger partial charge in [-0.1, -0.05) is 13.8 Å². The van der Waals surface area contributed by atoms with Crippen LogP contribution in [0.25, 0.3) is 0 Å². The van der Waals surface area contributed by atoms with Crippen molar-refractivity contribution in [1.82, 2.24) is 14.6 Å². The molecule has 0 saturated carbocycles. The van der Waals surface area contributed by atoms with Crippen molar-refractivity contribution in [2.75, 3.05) is 0 Å². The minimum absolute atomic E-state index is 0.00507. The van der Waals surface area contributed by atoms with E-state index in [4.69, 9.17) is 0 Å². The molecule has 0 aliphatic rings. The highest BCUT2D eigenvalue weighted by molar-refractivity contribution is 7.15. The van der Waals surface area contributed by atoms with Crippen molar-refractivity contribution < 1.29 is 9.59 Å². The molecular weight excluding hydrogens is 391 g/mol. The highest BCUT2D eigenvalue weighted by Crippen LogP contribution is 2.20. The number of aryl methyl sites for hydroxylation is 1. The lowest BCUT2D eigenvalue weighted by atomic mass is 9.95. The third kappa shape index (κ3) is 5.07. The van der Waals surface area contributed by atoms with Gasteiger partial charge in [-0.05, 0) is 52.4 Å². The van der Waals surface area contributed by atoms with Crippen LogP contribution in [0.2, 0.25) is 0 Å². The van der Waals surface area contributed by atoms with Crippen LogP contribution in [0.4, 0.5) is 0 Å². The third-order valence-corrected chi connectivity index (χ3v) is 4.76. The fourth-order valence-corrected chi connectivity index (χ4v) is 3.31. The van der Waals surface area contributed by atoms with E-state index in [9.17, 15) is 24.4 Å². The minimum atomic E-state index is -0.706. The molecule has 0 radical (unpaired) electrons. The normalized spacial score (nSPS) is 10.6. The Labute approximate surface area is 170 Å². The molecule has 0 aliphatic carbocycles. The molecular formula is C20H23N4O4P. The number of benzene rings is 1. The Morgan fingerprint density at radius 1 is 1.28 bits per heavy atom. The van der Waals surface area contributed by atoms with Gasteiger partial charge in [-0.3, -0.25) is 23.9 Å². The maximum absolute atomic E-state index is 13.4. The first-order valence-electron chi connectivity index (χ1n) is 9.12. The zero-order valence-corrected chi connectivity index (χ0v) is 17.7. The van der Waals surface area contributed by atoms with E-state index in [0.717, 1.165) is 0 Å². The van der Waals surface area contributed by atoms with E-state index in [1.54, 1.807) is 32.9 Å². The van der Waals surface area contributed by atoms with Gasteiger partial charge in [0, 0.05) is 24.1 Å². The second kappa shape index (κ2) is 9.44. The quantitative estimate of drug-likeness (QED) is 0.528. The lowest BCUT2D eigenvalue weighted by molar-refractivity contribution is -0.119. The summed E-state index contributed by atoms with van der Waals surface area (Å²) in [5.41, 5.74) is 0.136. The maximum atomic E-state index is 13.4. The molecule has 29 heavy (non-hydrogen) atoms. The summed E-state index contributed by atoms with van der Waals surface area (Å²) in [4.78, 5) is 52.1. The number of nitriles is 1. The van der Waals surface area contributed by atoms with Crippen LogP contribution in [0.1, 0.15) is 65.3 Å². The van der Waals surface area contributed by atoms with Crippen molar-refractivity contribution in [1.29, 1.82) is 5.26 Å². The van der Waals surface area contributed by atoms with Gasteiger partial charge >= 0.3 is 5.69 Å². The number of nitrogens with zero attached hydrogens (tertiary/aromatic N) is 2. The SMILES string of the molecule is Cc1cc(C#N)cc(C(=O)c2c(C(C)C)c(=O)[nH]c(=O)n2CCCC(=O)NP)c1. The smallest absolute Gasteiger partial charge is 0.328 e. The number of rotatable bonds is 7. The van der Waals surface area contributed by atoms with Crippen LogP contribution in [0.3, 0.4) is 0 Å². The van der Waals surface area contributed by atoms with Crippen molar-refractivity contribution >= 4 is 21.1 Å². The second-order valence-corrected chi connectivity index (χ2v) is 7.32. The molecule has 9 heteroatoms. The van der Waals surface area contributed by atoms with Crippen molar-refractivity contribution in [2.45, 2.75) is 46.1 Å². The Hall–Kier alpha value is -3.04. The number of hydrogen-bond acceptors (Lipinski definition) is 5. The summed E-state index contributed by atoms with van der Waals surface area (Å²) in [7, 11) is 2.11. The molecule has 152 valence electrons. The molecule has 0 bridgehead atoms. The summed E-state index contributed by atoms with van der Waals surface area (Å²) in [6.07, 6.45) is 0.462. The predicted octanol–water partition coefficient (Wildman–Crippen LogP) is 1.76. The van der Waals surface area contributed by atoms with Crippen LogP contribution in [-0.2, 0) is 11.3 Å². The van der Waals surface area contributed by atoms with Crippen LogP contribution in [0.5, 0.6) is 0 Å². The Morgan fingerprint density at radius 2 is 1.97 bits per heavy atom. The van der Waals surface area contributed by atoms with Gasteiger partial charge in [0.15, 0.2) is 0 Å². The summed E-state index contributed by atoms with van der Waals surface area (Å²) < 4.78 is 1.21. The average molecular weight is 414 g/mol. The molecule has 2 rings (SSSR count). The highest BCUT2D eigenvalue weighted by Gasteiger charge is 2.24. The van der Waals surface area contributed by atoms with Gasteiger partial charge in [-0.2, -0.15) is 5.26 Å². The van der Waals surface area contributed by atoms with E-state index in [1.165, 1.54) is 10.6 Å². The lowest BCUT2D eigenvalue weighted by Gasteiger charge is -2.17. The summed E-state index contributed by atoms with van der Waals surface area (Å²) in [6, 6.07) is 6.71. The topological polar surface area (TPSA) is 125 Å². The fourth-order valence-electron chi connectivity index (χ4n) is 3.17. The number of hydrogen-bond donors (Lipinski definition) is 2. The molecule has 1 atom stereocenters. The molecule has 1 aromatic carbocycles. The van der Waals surface area contributed by atoms with E-state index in [-0.39, 0.29) is 41.6 Å². The van der Waals surface area contributed by atoms with Crippen molar-refractivity contribution in [3.05, 3.63) is 67.0 Å². The molecule has 0 spiro atoms. The number of aromatic nitrogens is 2. The van der Waals surface area contributed by atoms with Crippen molar-refractivity contribution in [2.24, 2.45) is 0 Å². The van der Waals surface area contributed by atoms with Gasteiger partial charge in [0.05, 0.1) is 11.6 Å². The molecule has 0 saturated heterocycles. The Balaban J connectivity index is 2.66. The Kier molecular flexibility index (Phi) is 7.24. The lowest BCUT2D eigenvalue weighted by Crippen LogP contribution is -2.38. The van der Waals surface area contributed by atoms with E-state index < -0.39 is 17.0 Å². The number of carbonyl (C=O) groups excluding carboxylic acids is 2. The maximum Gasteiger partial charge on any atom is 0.328 e. The zero-order valence-electron chi connectivity index (χ0n) is 16.5. The Morgan fingerprint density at radius 3 is 2.55 bits per heavy atom. The predicted molar refractivity (Wildman–Crippen MR) is 112 cm³/mol. The summed E-state index contributed by atoms with van der Waals surface area (Å²) in [6.45, 7) is 5.36. The van der Waals surface area contributed by atoms with Gasteiger partial charge in [-0.15, -0.1) is 0 Å². The number of carbonyl (C=O) groups is 2. The largest absolute Gasteiger partial charge is 0.341 e. The van der Waals surface area contributed by atoms with E-state index in [0.29, 0.717) is 17.5 Å². The zero-order chi connectivity index (χ0) is 21.7. The summed E-state index contributed by atoms with van der Waals surface area (Å²) >= 11 is 0. The first-order valence-corrected chi connectivity index (χ1v) is 9.70. The van der Waals surface area contributed by atoms with E-state index >= 15 is 0 Å². The molecule has 8 nitrogen and oxygen atoms in total. The molecule has 2 N–H and O–H groups in total. The van der Waals surface area contributed by atoms with Gasteiger partial charge in [0.25, 0.3) is 5.56 Å². The summed E-state index contributed by atoms with van der Waals surface area (Å²) in [5.74, 6) is -1.05. The molecule has 0 fully saturated rings. The highest BCUT2D eigenvalue weighted by atomic mass is 31.0. The first-order chi connectivity index (χ1) is 13.7. The Bertz CT molecular complexity index is 1110. The molecule has 1 unspecified atom stereocenters. The number of ketones is 1. The number of aromatic amines is 1. The minimum Gasteiger partial charge on any atom is -0.341 e. The van der Waals surface area contributed by atoms with Crippen molar-refractivity contribution in [3.63, 3.8) is 0 Å². The average Bonchev–Trinajstić information content (AvgIpc) is 2.67. The monoisotopic (exact) mass is 414 g/mol. The second-order valence-electron chi connectivity index (χ2n) is 7.03. The van der Waals surface area contributed by atoms with Crippen LogP contribution in [0.15, 0.2) is 27.8 Å². The first kappa shape index (κ1) is 22.3. The summed E-state index contributed by atoms with van der Waals surface area (Å²) in [5, 5.41) is 11.6. The van der Waals surface area contributed by atoms with Gasteiger partial charge < -0.3 is 5.09 Å². The third-order valence-electron chi connectivity index (χ3n) is 4.44. The van der Waals surface area contributed by atoms with Crippen molar-refractivity contribution in [3.8, 4) is 6.07 Å². The molecule has 1 amide bonds. The number of amides is 1. The van der Waals surface area contributed by atoms with Gasteiger partial charge in [0.1, 0.15) is 5.69 Å². The number of nitrogens with one attached hydrogen (secondary N) is 2. The van der Waals surface area contributed by atoms with Crippen LogP contribution >= 0.6 is 9.39 Å². The standard InChI is InChI=1S/C20H23N4O4P/c1-11(2)16-17(18(26)14-8-12(3)7-13(9-14)10-21)24(20(28)22-19(16)27)6-4-5-15(25)23-29/h7-9,11H,4-6,29H2,1-3H3,(H,23,25)(H,22,27,28). The molecule has 0 aliphatic heterocycles.